The maximum atomic E-state index is 12.7. The molecule has 1 saturated heterocycles. The third kappa shape index (κ3) is 1.84. The van der Waals surface area contributed by atoms with Gasteiger partial charge in [-0.3, -0.25) is 4.79 Å². The molecule has 24 heavy (non-hydrogen) atoms. The van der Waals surface area contributed by atoms with Gasteiger partial charge in [-0.1, -0.05) is 13.0 Å². The van der Waals surface area contributed by atoms with Crippen LogP contribution in [0.5, 0.6) is 5.75 Å². The monoisotopic (exact) mass is 329 g/mol. The van der Waals surface area contributed by atoms with Gasteiger partial charge < -0.3 is 14.4 Å². The van der Waals surface area contributed by atoms with Crippen LogP contribution < -0.4 is 4.74 Å². The highest BCUT2D eigenvalue weighted by Gasteiger charge is 2.66. The lowest BCUT2D eigenvalue weighted by Crippen LogP contribution is -2.74. The Morgan fingerprint density at radius 1 is 1.29 bits per heavy atom. The first-order valence-electron chi connectivity index (χ1n) is 8.93. The number of likely N-dealkylation sites (tertiary alicyclic amines) is 1. The lowest BCUT2D eigenvalue weighted by molar-refractivity contribution is -0.190. The Kier molecular flexibility index (Phi) is 3.56. The van der Waals surface area contributed by atoms with Gasteiger partial charge in [0.05, 0.1) is 12.7 Å². The molecule has 1 saturated carbocycles. The number of fused-ring (bicyclic) bond motifs is 1. The minimum Gasteiger partial charge on any atom is -0.497 e. The normalized spacial score (nSPS) is 38.4. The van der Waals surface area contributed by atoms with Gasteiger partial charge in [0, 0.05) is 30.9 Å². The SMILES string of the molecule is COc1ccc2c(c1)[C@]13CCN(C)[C@H](C2)[C@]1(OC)CC(C)C(=O)C3. The fourth-order valence-corrected chi connectivity index (χ4v) is 5.73. The number of carbonyl (C=O) groups is 1. The minimum absolute atomic E-state index is 0.0687. The highest BCUT2D eigenvalue weighted by atomic mass is 16.5. The number of Topliss-reactive ketones (excluding diaryl/α,β-unsaturated/α-hetero) is 1. The van der Waals surface area contributed by atoms with Crippen LogP contribution in [0.1, 0.15) is 37.3 Å². The average Bonchev–Trinajstić information content (AvgIpc) is 2.59. The van der Waals surface area contributed by atoms with E-state index >= 15 is 0 Å². The predicted octanol–water partition coefficient (Wildman–Crippen LogP) is 2.58. The molecule has 0 spiro atoms. The van der Waals surface area contributed by atoms with E-state index in [-0.39, 0.29) is 16.9 Å². The molecular formula is C20H27NO3. The first kappa shape index (κ1) is 16.1. The molecular weight excluding hydrogens is 302 g/mol. The van der Waals surface area contributed by atoms with Crippen LogP contribution >= 0.6 is 0 Å². The molecule has 1 aliphatic heterocycles. The van der Waals surface area contributed by atoms with Crippen LogP contribution in [0.25, 0.3) is 0 Å². The summed E-state index contributed by atoms with van der Waals surface area (Å²) in [6, 6.07) is 6.71. The van der Waals surface area contributed by atoms with E-state index in [4.69, 9.17) is 9.47 Å². The van der Waals surface area contributed by atoms with Crippen LogP contribution in [0.15, 0.2) is 18.2 Å². The number of hydrogen-bond acceptors (Lipinski definition) is 4. The maximum absolute atomic E-state index is 12.7. The van der Waals surface area contributed by atoms with Gasteiger partial charge in [0.2, 0.25) is 0 Å². The van der Waals surface area contributed by atoms with E-state index < -0.39 is 0 Å². The van der Waals surface area contributed by atoms with Crippen LogP contribution in [0.3, 0.4) is 0 Å². The molecule has 2 fully saturated rings. The van der Waals surface area contributed by atoms with Crippen molar-refractivity contribution < 1.29 is 14.3 Å². The second-order valence-corrected chi connectivity index (χ2v) is 7.90. The van der Waals surface area contributed by atoms with Gasteiger partial charge in [-0.25, -0.2) is 0 Å². The summed E-state index contributed by atoms with van der Waals surface area (Å²) in [6.45, 7) is 3.07. The Labute approximate surface area is 144 Å². The third-order valence-electron chi connectivity index (χ3n) is 7.02. The molecule has 0 amide bonds. The van der Waals surface area contributed by atoms with Crippen molar-refractivity contribution in [2.24, 2.45) is 5.92 Å². The second-order valence-electron chi connectivity index (χ2n) is 7.90. The number of hydrogen-bond donors (Lipinski definition) is 0. The van der Waals surface area contributed by atoms with Gasteiger partial charge in [-0.15, -0.1) is 0 Å². The fourth-order valence-electron chi connectivity index (χ4n) is 5.73. The van der Waals surface area contributed by atoms with Crippen molar-refractivity contribution >= 4 is 5.78 Å². The van der Waals surface area contributed by atoms with Crippen molar-refractivity contribution in [3.05, 3.63) is 29.3 Å². The standard InChI is InChI=1S/C20H27NO3/c1-13-11-20(24-4)18-9-14-5-6-15(23-3)10-16(14)19(20,12-17(13)22)7-8-21(18)2/h5-6,10,13,18H,7-9,11-12H2,1-4H3/t13?,18-,19-,20-/m1/s1. The van der Waals surface area contributed by atoms with Crippen LogP contribution in [-0.2, 0) is 21.4 Å². The Balaban J connectivity index is 1.98. The number of likely N-dealkylation sites (N-methyl/N-ethyl adjacent to an activating group) is 1. The summed E-state index contributed by atoms with van der Waals surface area (Å²) < 4.78 is 11.8. The van der Waals surface area contributed by atoms with E-state index in [1.807, 2.05) is 13.2 Å². The summed E-state index contributed by atoms with van der Waals surface area (Å²) in [4.78, 5) is 15.2. The van der Waals surface area contributed by atoms with E-state index in [1.54, 1.807) is 7.11 Å². The first-order chi connectivity index (χ1) is 11.5. The van der Waals surface area contributed by atoms with Crippen LogP contribution in [0.4, 0.5) is 0 Å². The topological polar surface area (TPSA) is 38.8 Å². The lowest BCUT2D eigenvalue weighted by atomic mass is 9.48. The quantitative estimate of drug-likeness (QED) is 0.836. The Morgan fingerprint density at radius 3 is 2.79 bits per heavy atom. The zero-order valence-corrected chi connectivity index (χ0v) is 15.1. The lowest BCUT2D eigenvalue weighted by Gasteiger charge is -2.65. The van der Waals surface area contributed by atoms with Crippen molar-refractivity contribution in [2.45, 2.75) is 49.7 Å². The molecule has 4 heteroatoms. The Morgan fingerprint density at radius 2 is 2.08 bits per heavy atom. The highest BCUT2D eigenvalue weighted by Crippen LogP contribution is 2.59. The molecule has 0 N–H and O–H groups in total. The average molecular weight is 329 g/mol. The second kappa shape index (κ2) is 5.30. The van der Waals surface area contributed by atoms with Gasteiger partial charge in [0.15, 0.2) is 0 Å². The van der Waals surface area contributed by atoms with Gasteiger partial charge in [0.1, 0.15) is 11.5 Å². The summed E-state index contributed by atoms with van der Waals surface area (Å²) in [6.07, 6.45) is 3.35. The molecule has 4 nitrogen and oxygen atoms in total. The summed E-state index contributed by atoms with van der Waals surface area (Å²) in [5.41, 5.74) is 2.13. The molecule has 0 aromatic heterocycles. The number of rotatable bonds is 2. The number of nitrogens with zero attached hydrogens (tertiary/aromatic N) is 1. The molecule has 1 aromatic rings. The number of benzene rings is 1. The van der Waals surface area contributed by atoms with E-state index in [0.717, 1.165) is 31.6 Å². The number of carbonyl (C=O) groups excluding carboxylic acids is 1. The van der Waals surface area contributed by atoms with Gasteiger partial charge in [-0.2, -0.15) is 0 Å². The van der Waals surface area contributed by atoms with Crippen LogP contribution in [-0.4, -0.2) is 50.1 Å². The maximum Gasteiger partial charge on any atom is 0.136 e. The van der Waals surface area contributed by atoms with Gasteiger partial charge >= 0.3 is 0 Å². The number of ether oxygens (including phenoxy) is 2. The molecule has 130 valence electrons. The van der Waals surface area contributed by atoms with Crippen LogP contribution in [0, 0.1) is 5.92 Å². The molecule has 2 bridgehead atoms. The molecule has 2 aliphatic carbocycles. The zero-order valence-electron chi connectivity index (χ0n) is 15.1. The van der Waals surface area contributed by atoms with Gasteiger partial charge in [-0.05, 0) is 56.1 Å². The summed E-state index contributed by atoms with van der Waals surface area (Å²) in [5, 5.41) is 0. The Bertz CT molecular complexity index is 687. The van der Waals surface area contributed by atoms with Crippen molar-refractivity contribution in [3.63, 3.8) is 0 Å². The summed E-state index contributed by atoms with van der Waals surface area (Å²) in [7, 11) is 5.75. The molecule has 4 rings (SSSR count). The van der Waals surface area contributed by atoms with Gasteiger partial charge in [0.25, 0.3) is 0 Å². The van der Waals surface area contributed by atoms with Crippen molar-refractivity contribution in [3.8, 4) is 5.75 Å². The third-order valence-corrected chi connectivity index (χ3v) is 7.02. The van der Waals surface area contributed by atoms with Crippen molar-refractivity contribution in [1.82, 2.24) is 4.90 Å². The van der Waals surface area contributed by atoms with E-state index in [1.165, 1.54) is 11.1 Å². The number of piperidine rings is 1. The number of methoxy groups -OCH3 is 2. The summed E-state index contributed by atoms with van der Waals surface area (Å²) >= 11 is 0. The van der Waals surface area contributed by atoms with Crippen molar-refractivity contribution in [2.75, 3.05) is 27.8 Å². The largest absolute Gasteiger partial charge is 0.497 e. The predicted molar refractivity (Wildman–Crippen MR) is 92.6 cm³/mol. The van der Waals surface area contributed by atoms with Crippen molar-refractivity contribution in [1.29, 1.82) is 0 Å². The molecule has 0 radical (unpaired) electrons. The molecule has 3 aliphatic rings. The minimum atomic E-state index is -0.285. The molecule has 1 unspecified atom stereocenters. The molecule has 1 aromatic carbocycles. The fraction of sp³-hybridized carbons (Fsp3) is 0.650. The smallest absolute Gasteiger partial charge is 0.136 e. The van der Waals surface area contributed by atoms with E-state index in [0.29, 0.717) is 18.2 Å². The van der Waals surface area contributed by atoms with E-state index in [2.05, 4.69) is 31.0 Å². The number of ketones is 1. The van der Waals surface area contributed by atoms with E-state index in [9.17, 15) is 4.79 Å². The van der Waals surface area contributed by atoms with Crippen LogP contribution in [0.2, 0.25) is 0 Å². The zero-order chi connectivity index (χ0) is 17.1. The molecule has 4 atom stereocenters. The highest BCUT2D eigenvalue weighted by molar-refractivity contribution is 5.84. The summed E-state index contributed by atoms with van der Waals surface area (Å²) in [5.74, 6) is 1.32. The molecule has 1 heterocycles. The first-order valence-corrected chi connectivity index (χ1v) is 8.93. The Hall–Kier alpha value is -1.39.